The Morgan fingerprint density at radius 1 is 0.967 bits per heavy atom. The summed E-state index contributed by atoms with van der Waals surface area (Å²) in [5, 5.41) is 3.17. The van der Waals surface area contributed by atoms with Gasteiger partial charge in [0, 0.05) is 25.6 Å². The number of carbonyl (C=O) groups is 2. The van der Waals surface area contributed by atoms with Crippen LogP contribution in [0.2, 0.25) is 0 Å². The van der Waals surface area contributed by atoms with Crippen molar-refractivity contribution in [2.45, 2.75) is 70.8 Å². The number of hydrogen-bond donors (Lipinski definition) is 1. The van der Waals surface area contributed by atoms with Crippen LogP contribution >= 0.6 is 0 Å². The summed E-state index contributed by atoms with van der Waals surface area (Å²) in [4.78, 5) is 26.5. The fraction of sp³-hybridized carbons (Fsp3) is 0.667. The lowest BCUT2D eigenvalue weighted by Crippen LogP contribution is -2.47. The van der Waals surface area contributed by atoms with Crippen LogP contribution in [-0.2, 0) is 9.59 Å². The smallest absolute Gasteiger partial charge is 0.260 e. The lowest BCUT2D eigenvalue weighted by atomic mass is 9.86. The van der Waals surface area contributed by atoms with Crippen LogP contribution in [-0.4, -0.2) is 49.1 Å². The number of ether oxygens (including phenoxy) is 2. The zero-order valence-electron chi connectivity index (χ0n) is 18.2. The molecule has 1 N–H and O–H groups in total. The van der Waals surface area contributed by atoms with E-state index in [-0.39, 0.29) is 24.5 Å². The number of benzene rings is 1. The van der Waals surface area contributed by atoms with Gasteiger partial charge in [0.1, 0.15) is 11.5 Å². The van der Waals surface area contributed by atoms with Crippen molar-refractivity contribution in [3.05, 3.63) is 24.3 Å². The third kappa shape index (κ3) is 7.22. The van der Waals surface area contributed by atoms with Crippen molar-refractivity contribution in [1.82, 2.24) is 10.2 Å². The first-order valence-electron chi connectivity index (χ1n) is 11.6. The van der Waals surface area contributed by atoms with Crippen LogP contribution in [0.3, 0.4) is 0 Å². The van der Waals surface area contributed by atoms with Crippen LogP contribution in [0.4, 0.5) is 0 Å². The van der Waals surface area contributed by atoms with Gasteiger partial charge >= 0.3 is 0 Å². The first-order valence-corrected chi connectivity index (χ1v) is 11.6. The lowest BCUT2D eigenvalue weighted by Gasteiger charge is -2.32. The second-order valence-corrected chi connectivity index (χ2v) is 8.46. The van der Waals surface area contributed by atoms with Gasteiger partial charge in [0.05, 0.1) is 6.61 Å². The topological polar surface area (TPSA) is 67.9 Å². The Kier molecular flexibility index (Phi) is 8.84. The van der Waals surface area contributed by atoms with E-state index in [0.717, 1.165) is 30.9 Å². The molecule has 0 unspecified atom stereocenters. The summed E-state index contributed by atoms with van der Waals surface area (Å²) in [6, 6.07) is 7.48. The average Bonchev–Trinajstić information content (AvgIpc) is 2.78. The van der Waals surface area contributed by atoms with E-state index in [2.05, 4.69) is 5.32 Å². The molecule has 2 fully saturated rings. The van der Waals surface area contributed by atoms with E-state index < -0.39 is 0 Å². The van der Waals surface area contributed by atoms with Gasteiger partial charge in [0.15, 0.2) is 6.61 Å². The molecule has 3 rings (SSSR count). The van der Waals surface area contributed by atoms with Gasteiger partial charge < -0.3 is 19.7 Å². The minimum absolute atomic E-state index is 0.00837. The highest BCUT2D eigenvalue weighted by atomic mass is 16.5. The maximum atomic E-state index is 12.4. The zero-order valence-corrected chi connectivity index (χ0v) is 18.2. The number of hydrogen-bond acceptors (Lipinski definition) is 4. The Morgan fingerprint density at radius 3 is 2.23 bits per heavy atom. The zero-order chi connectivity index (χ0) is 21.2. The predicted molar refractivity (Wildman–Crippen MR) is 117 cm³/mol. The minimum Gasteiger partial charge on any atom is -0.494 e. The molecule has 1 heterocycles. The predicted octanol–water partition coefficient (Wildman–Crippen LogP) is 3.93. The Morgan fingerprint density at radius 2 is 1.60 bits per heavy atom. The van der Waals surface area contributed by atoms with Gasteiger partial charge in [-0.15, -0.1) is 0 Å². The van der Waals surface area contributed by atoms with Crippen molar-refractivity contribution in [3.8, 4) is 11.5 Å². The maximum Gasteiger partial charge on any atom is 0.260 e. The molecule has 1 aliphatic carbocycles. The molecule has 1 aliphatic heterocycles. The molecule has 1 saturated heterocycles. The molecule has 0 spiro atoms. The third-order valence-corrected chi connectivity index (χ3v) is 6.21. The van der Waals surface area contributed by atoms with E-state index in [1.54, 1.807) is 0 Å². The van der Waals surface area contributed by atoms with Crippen LogP contribution in [0.25, 0.3) is 0 Å². The highest BCUT2D eigenvalue weighted by Gasteiger charge is 2.24. The number of piperidine rings is 1. The van der Waals surface area contributed by atoms with Crippen molar-refractivity contribution in [2.24, 2.45) is 5.92 Å². The fourth-order valence-electron chi connectivity index (χ4n) is 4.42. The van der Waals surface area contributed by atoms with E-state index in [0.29, 0.717) is 31.9 Å². The van der Waals surface area contributed by atoms with Crippen LogP contribution in [0, 0.1) is 5.92 Å². The van der Waals surface area contributed by atoms with Gasteiger partial charge in [0.2, 0.25) is 5.91 Å². The fourth-order valence-corrected chi connectivity index (χ4v) is 4.42. The Labute approximate surface area is 180 Å². The third-order valence-electron chi connectivity index (χ3n) is 6.21. The number of amides is 2. The van der Waals surface area contributed by atoms with Crippen LogP contribution in [0.5, 0.6) is 11.5 Å². The second-order valence-electron chi connectivity index (χ2n) is 8.46. The molecule has 1 saturated carbocycles. The molecule has 0 bridgehead atoms. The average molecular weight is 417 g/mol. The van der Waals surface area contributed by atoms with Gasteiger partial charge in [-0.25, -0.2) is 0 Å². The quantitative estimate of drug-likeness (QED) is 0.662. The molecule has 166 valence electrons. The first kappa shape index (κ1) is 22.4. The van der Waals surface area contributed by atoms with Gasteiger partial charge in [-0.2, -0.15) is 0 Å². The normalized spacial score (nSPS) is 18.1. The number of likely N-dealkylation sites (tertiary alicyclic amines) is 1. The first-order chi connectivity index (χ1) is 14.6. The van der Waals surface area contributed by atoms with Crippen LogP contribution in [0.1, 0.15) is 64.7 Å². The molecule has 6 heteroatoms. The maximum absolute atomic E-state index is 12.4. The molecule has 1 aromatic rings. The molecule has 6 nitrogen and oxygen atoms in total. The molecule has 30 heavy (non-hydrogen) atoms. The molecule has 2 aliphatic rings. The summed E-state index contributed by atoms with van der Waals surface area (Å²) < 4.78 is 11.0. The molecule has 0 aromatic heterocycles. The summed E-state index contributed by atoms with van der Waals surface area (Å²) in [5.74, 6) is 2.35. The van der Waals surface area contributed by atoms with Crippen molar-refractivity contribution in [1.29, 1.82) is 0 Å². The Bertz CT molecular complexity index is 662. The van der Waals surface area contributed by atoms with Gasteiger partial charge in [-0.05, 0) is 56.4 Å². The molecular formula is C24H36N2O4. The number of rotatable bonds is 9. The Hall–Kier alpha value is -2.24. The van der Waals surface area contributed by atoms with E-state index in [1.807, 2.05) is 36.1 Å². The lowest BCUT2D eigenvalue weighted by molar-refractivity contribution is -0.134. The number of nitrogens with zero attached hydrogens (tertiary/aromatic N) is 1. The van der Waals surface area contributed by atoms with Crippen molar-refractivity contribution in [2.75, 3.05) is 26.3 Å². The minimum atomic E-state index is -0.00837. The van der Waals surface area contributed by atoms with Crippen LogP contribution in [0.15, 0.2) is 24.3 Å². The summed E-state index contributed by atoms with van der Waals surface area (Å²) >= 11 is 0. The van der Waals surface area contributed by atoms with Crippen LogP contribution < -0.4 is 14.8 Å². The van der Waals surface area contributed by atoms with Crippen molar-refractivity contribution < 1.29 is 19.1 Å². The number of carbonyl (C=O) groups excluding carboxylic acids is 2. The van der Waals surface area contributed by atoms with E-state index in [1.165, 1.54) is 32.1 Å². The molecule has 0 atom stereocenters. The van der Waals surface area contributed by atoms with Crippen molar-refractivity contribution in [3.63, 3.8) is 0 Å². The Balaban J connectivity index is 1.31. The van der Waals surface area contributed by atoms with Gasteiger partial charge in [-0.1, -0.05) is 32.1 Å². The van der Waals surface area contributed by atoms with E-state index in [9.17, 15) is 9.59 Å². The highest BCUT2D eigenvalue weighted by molar-refractivity contribution is 5.78. The summed E-state index contributed by atoms with van der Waals surface area (Å²) in [6.45, 7) is 3.93. The standard InChI is InChI=1S/C24H36N2O4/c1-2-29-21-9-11-22(12-10-21)30-18-24(28)26-16-14-20(15-17-26)25-23(27)13-8-19-6-4-3-5-7-19/h9-12,19-20H,2-8,13-18H2,1H3,(H,25,27). The molecule has 0 radical (unpaired) electrons. The largest absolute Gasteiger partial charge is 0.494 e. The molecule has 1 aromatic carbocycles. The van der Waals surface area contributed by atoms with Crippen molar-refractivity contribution >= 4 is 11.8 Å². The van der Waals surface area contributed by atoms with Gasteiger partial charge in [-0.3, -0.25) is 9.59 Å². The summed E-state index contributed by atoms with van der Waals surface area (Å²) in [5.41, 5.74) is 0. The molecule has 2 amide bonds. The van der Waals surface area contributed by atoms with Gasteiger partial charge in [0.25, 0.3) is 5.91 Å². The number of nitrogens with one attached hydrogen (secondary N) is 1. The van der Waals surface area contributed by atoms with E-state index in [4.69, 9.17) is 9.47 Å². The SMILES string of the molecule is CCOc1ccc(OCC(=O)N2CCC(NC(=O)CCC3CCCCC3)CC2)cc1. The highest BCUT2D eigenvalue weighted by Crippen LogP contribution is 2.27. The second kappa shape index (κ2) is 11.8. The van der Waals surface area contributed by atoms with E-state index >= 15 is 0 Å². The summed E-state index contributed by atoms with van der Waals surface area (Å²) in [7, 11) is 0. The summed E-state index contributed by atoms with van der Waals surface area (Å²) in [6.07, 6.45) is 9.84. The molecular weight excluding hydrogens is 380 g/mol. The monoisotopic (exact) mass is 416 g/mol.